The zero-order chi connectivity index (χ0) is 15.1. The van der Waals surface area contributed by atoms with Crippen molar-refractivity contribution >= 4 is 5.82 Å². The fourth-order valence-corrected chi connectivity index (χ4v) is 2.20. The number of aliphatic hydroxyl groups excluding tert-OH is 2. The van der Waals surface area contributed by atoms with Gasteiger partial charge in [-0.25, -0.2) is 13.6 Å². The molecule has 0 saturated carbocycles. The van der Waals surface area contributed by atoms with Crippen LogP contribution in [-0.4, -0.2) is 50.4 Å². The lowest BCUT2D eigenvalue weighted by molar-refractivity contribution is -0.161. The van der Waals surface area contributed by atoms with Crippen LogP contribution in [0.5, 0.6) is 0 Å². The van der Waals surface area contributed by atoms with E-state index in [1.165, 1.54) is 6.07 Å². The molecular weight excluding hydrogens is 276 g/mol. The van der Waals surface area contributed by atoms with Crippen molar-refractivity contribution < 1.29 is 23.7 Å². The Morgan fingerprint density at radius 1 is 1.70 bits per heavy atom. The van der Waals surface area contributed by atoms with Gasteiger partial charge in [-0.1, -0.05) is 0 Å². The van der Waals surface area contributed by atoms with Crippen LogP contribution in [0.1, 0.15) is 13.2 Å². The molecule has 1 aliphatic rings. The summed E-state index contributed by atoms with van der Waals surface area (Å²) in [4.78, 5) is 15.0. The highest BCUT2D eigenvalue weighted by atomic mass is 19.1. The minimum Gasteiger partial charge on any atom is -0.393 e. The van der Waals surface area contributed by atoms with E-state index in [9.17, 15) is 23.8 Å². The molecule has 1 aromatic rings. The van der Waals surface area contributed by atoms with E-state index in [1.54, 1.807) is 0 Å². The summed E-state index contributed by atoms with van der Waals surface area (Å²) in [6.45, 7) is 0.0957. The summed E-state index contributed by atoms with van der Waals surface area (Å²) >= 11 is 0. The van der Waals surface area contributed by atoms with E-state index in [4.69, 9.17) is 10.5 Å². The second kappa shape index (κ2) is 5.08. The Labute approximate surface area is 112 Å². The zero-order valence-electron chi connectivity index (χ0n) is 10.6. The Bertz CT molecular complexity index is 553. The molecule has 1 aliphatic heterocycles. The second-order valence-corrected chi connectivity index (χ2v) is 4.67. The molecule has 0 aliphatic carbocycles. The minimum absolute atomic E-state index is 0.0625. The number of halogens is 2. The number of hydrogen-bond acceptors (Lipinski definition) is 6. The van der Waals surface area contributed by atoms with Crippen molar-refractivity contribution in [2.75, 3.05) is 12.3 Å². The number of nitrogens with zero attached hydrogens (tertiary/aromatic N) is 2. The maximum absolute atomic E-state index is 14.1. The zero-order valence-corrected chi connectivity index (χ0v) is 10.6. The van der Waals surface area contributed by atoms with Gasteiger partial charge in [-0.05, 0) is 13.0 Å². The highest BCUT2D eigenvalue weighted by Gasteiger charge is 2.59. The topological polar surface area (TPSA) is 111 Å². The molecule has 1 unspecified atom stereocenters. The smallest absolute Gasteiger partial charge is 0.351 e. The van der Waals surface area contributed by atoms with Crippen molar-refractivity contribution in [1.29, 1.82) is 0 Å². The van der Waals surface area contributed by atoms with Crippen LogP contribution < -0.4 is 11.4 Å². The van der Waals surface area contributed by atoms with Crippen molar-refractivity contribution in [3.63, 3.8) is 0 Å². The molecule has 0 aromatic carbocycles. The van der Waals surface area contributed by atoms with E-state index in [-0.39, 0.29) is 5.82 Å². The van der Waals surface area contributed by atoms with Crippen molar-refractivity contribution in [3.05, 3.63) is 22.7 Å². The first-order valence-electron chi connectivity index (χ1n) is 5.93. The monoisotopic (exact) mass is 291 g/mol. The van der Waals surface area contributed by atoms with Crippen molar-refractivity contribution in [3.8, 4) is 0 Å². The molecule has 1 fully saturated rings. The van der Waals surface area contributed by atoms with E-state index in [0.29, 0.717) is 0 Å². The molecule has 7 nitrogen and oxygen atoms in total. The molecule has 1 saturated heterocycles. The van der Waals surface area contributed by atoms with Gasteiger partial charge in [-0.2, -0.15) is 4.98 Å². The lowest BCUT2D eigenvalue weighted by Crippen LogP contribution is -2.52. The first-order valence-corrected chi connectivity index (χ1v) is 5.93. The fourth-order valence-electron chi connectivity index (χ4n) is 2.20. The lowest BCUT2D eigenvalue weighted by atomic mass is 9.92. The number of nitrogen functional groups attached to an aromatic ring is 1. The van der Waals surface area contributed by atoms with Gasteiger partial charge >= 0.3 is 5.69 Å². The maximum Gasteiger partial charge on any atom is 0.351 e. The van der Waals surface area contributed by atoms with Gasteiger partial charge in [0.05, 0.1) is 6.61 Å². The third-order valence-corrected chi connectivity index (χ3v) is 3.46. The summed E-state index contributed by atoms with van der Waals surface area (Å²) in [6, 6.07) is 1.24. The van der Waals surface area contributed by atoms with Gasteiger partial charge in [0, 0.05) is 6.20 Å². The molecule has 4 N–H and O–H groups in total. The van der Waals surface area contributed by atoms with Gasteiger partial charge in [0.2, 0.25) is 0 Å². The summed E-state index contributed by atoms with van der Waals surface area (Å²) < 4.78 is 33.6. The quantitative estimate of drug-likeness (QED) is 0.668. The predicted octanol–water partition coefficient (Wildman–Crippen LogP) is -0.858. The van der Waals surface area contributed by atoms with E-state index < -0.39 is 42.6 Å². The van der Waals surface area contributed by atoms with E-state index in [0.717, 1.165) is 17.7 Å². The van der Waals surface area contributed by atoms with Crippen molar-refractivity contribution in [2.24, 2.45) is 0 Å². The van der Waals surface area contributed by atoms with Crippen LogP contribution in [0.3, 0.4) is 0 Å². The summed E-state index contributed by atoms with van der Waals surface area (Å²) in [7, 11) is 0. The molecule has 2 rings (SSSR count). The third-order valence-electron chi connectivity index (χ3n) is 3.46. The largest absolute Gasteiger partial charge is 0.393 e. The number of nitrogens with two attached hydrogens (primary N) is 1. The van der Waals surface area contributed by atoms with Gasteiger partial charge in [-0.3, -0.25) is 4.57 Å². The highest BCUT2D eigenvalue weighted by Crippen LogP contribution is 2.41. The van der Waals surface area contributed by atoms with Gasteiger partial charge in [0.1, 0.15) is 18.1 Å². The molecule has 0 amide bonds. The van der Waals surface area contributed by atoms with Crippen LogP contribution in [0.2, 0.25) is 0 Å². The molecule has 20 heavy (non-hydrogen) atoms. The van der Waals surface area contributed by atoms with Crippen LogP contribution >= 0.6 is 0 Å². The maximum atomic E-state index is 14.1. The van der Waals surface area contributed by atoms with Gasteiger partial charge < -0.3 is 20.7 Å². The number of alkyl halides is 2. The number of ether oxygens (including phenoxy) is 1. The lowest BCUT2D eigenvalue weighted by Gasteiger charge is -2.30. The average Bonchev–Trinajstić information content (AvgIpc) is 2.64. The first kappa shape index (κ1) is 14.8. The van der Waals surface area contributed by atoms with Crippen molar-refractivity contribution in [1.82, 2.24) is 9.55 Å². The van der Waals surface area contributed by atoms with E-state index >= 15 is 0 Å². The van der Waals surface area contributed by atoms with Crippen LogP contribution in [0.25, 0.3) is 0 Å². The number of hydrogen-bond donors (Lipinski definition) is 3. The molecule has 2 heterocycles. The Morgan fingerprint density at radius 2 is 2.35 bits per heavy atom. The average molecular weight is 291 g/mol. The number of aliphatic hydroxyl groups is 2. The Hall–Kier alpha value is -1.58. The summed E-state index contributed by atoms with van der Waals surface area (Å²) in [5.41, 5.74) is 2.29. The summed E-state index contributed by atoms with van der Waals surface area (Å²) in [5.74, 6) is -0.0625. The number of aromatic nitrogens is 2. The summed E-state index contributed by atoms with van der Waals surface area (Å²) in [5, 5.41) is 19.0. The van der Waals surface area contributed by atoms with Crippen LogP contribution in [0.15, 0.2) is 17.1 Å². The Morgan fingerprint density at radius 3 is 2.80 bits per heavy atom. The predicted molar refractivity (Wildman–Crippen MR) is 64.3 cm³/mol. The van der Waals surface area contributed by atoms with Gasteiger partial charge in [-0.15, -0.1) is 0 Å². The minimum atomic E-state index is -2.12. The van der Waals surface area contributed by atoms with Crippen LogP contribution in [0.4, 0.5) is 14.6 Å². The van der Waals surface area contributed by atoms with Crippen LogP contribution in [0, 0.1) is 0 Å². The Kier molecular flexibility index (Phi) is 3.76. The van der Waals surface area contributed by atoms with Gasteiger partial charge in [0.15, 0.2) is 18.0 Å². The standard InChI is InChI=1S/C11H15F2N3O4/c1-5(12)11(4-17)8(18)7(13)9(20-11)16-3-2-6(14)15-10(16)19/h2-3,5,7-9,17-18H,4H2,1H3,(H2,14,15,19)/t5?,7-,8+,9-,11+/m1/s1. The fraction of sp³-hybridized carbons (Fsp3) is 0.636. The molecule has 0 bridgehead atoms. The number of rotatable bonds is 3. The molecule has 0 spiro atoms. The molecular formula is C11H15F2N3O4. The van der Waals surface area contributed by atoms with E-state index in [2.05, 4.69) is 4.98 Å². The first-order chi connectivity index (χ1) is 9.33. The third kappa shape index (κ3) is 2.07. The van der Waals surface area contributed by atoms with Crippen LogP contribution in [-0.2, 0) is 4.74 Å². The summed E-state index contributed by atoms with van der Waals surface area (Å²) in [6.07, 6.45) is -6.31. The number of anilines is 1. The normalized spacial score (nSPS) is 35.1. The van der Waals surface area contributed by atoms with Crippen molar-refractivity contribution in [2.45, 2.75) is 37.2 Å². The molecule has 1 aromatic heterocycles. The molecule has 9 heteroatoms. The van der Waals surface area contributed by atoms with E-state index in [1.807, 2.05) is 0 Å². The van der Waals surface area contributed by atoms with Gasteiger partial charge in [0.25, 0.3) is 0 Å². The SMILES string of the molecule is CC(F)[C@]1(CO)O[C@@H](n2ccc(N)nc2=O)[C@H](F)[C@@H]1O. The molecule has 5 atom stereocenters. The molecule has 0 radical (unpaired) electrons. The highest BCUT2D eigenvalue weighted by molar-refractivity contribution is 5.23. The Balaban J connectivity index is 2.42. The molecule has 112 valence electrons. The second-order valence-electron chi connectivity index (χ2n) is 4.67.